The number of hydrogen-bond acceptors (Lipinski definition) is 2. The summed E-state index contributed by atoms with van der Waals surface area (Å²) in [5.74, 6) is 0. The summed E-state index contributed by atoms with van der Waals surface area (Å²) in [6.45, 7) is 0. The van der Waals surface area contributed by atoms with Gasteiger partial charge in [0, 0.05) is 14.9 Å². The van der Waals surface area contributed by atoms with Gasteiger partial charge in [0.2, 0.25) is 0 Å². The molecule has 66 valence electrons. The van der Waals surface area contributed by atoms with E-state index in [1.807, 2.05) is 22.6 Å². The SMILES string of the molecule is Nc1cc(I)cc(N)c1C(F)F. The summed E-state index contributed by atoms with van der Waals surface area (Å²) in [6, 6.07) is 2.94. The lowest BCUT2D eigenvalue weighted by atomic mass is 10.1. The Kier molecular flexibility index (Phi) is 2.71. The summed E-state index contributed by atoms with van der Waals surface area (Å²) in [6.07, 6.45) is -2.61. The third-order valence-electron chi connectivity index (χ3n) is 1.43. The van der Waals surface area contributed by atoms with Crippen LogP contribution in [0.15, 0.2) is 12.1 Å². The largest absolute Gasteiger partial charge is 0.398 e. The van der Waals surface area contributed by atoms with E-state index in [-0.39, 0.29) is 16.9 Å². The van der Waals surface area contributed by atoms with Gasteiger partial charge in [-0.3, -0.25) is 0 Å². The molecule has 0 aliphatic rings. The lowest BCUT2D eigenvalue weighted by molar-refractivity contribution is 0.153. The van der Waals surface area contributed by atoms with Gasteiger partial charge in [-0.25, -0.2) is 8.78 Å². The van der Waals surface area contributed by atoms with Crippen LogP contribution in [0.3, 0.4) is 0 Å². The zero-order valence-corrected chi connectivity index (χ0v) is 8.18. The number of anilines is 2. The Labute approximate surface area is 82.1 Å². The predicted molar refractivity (Wildman–Crippen MR) is 52.9 cm³/mol. The number of halogens is 3. The fourth-order valence-corrected chi connectivity index (χ4v) is 1.58. The molecule has 1 rings (SSSR count). The van der Waals surface area contributed by atoms with Crippen molar-refractivity contribution in [1.29, 1.82) is 0 Å². The van der Waals surface area contributed by atoms with Gasteiger partial charge < -0.3 is 11.5 Å². The molecule has 0 aliphatic heterocycles. The van der Waals surface area contributed by atoms with E-state index in [0.717, 1.165) is 3.57 Å². The van der Waals surface area contributed by atoms with Crippen molar-refractivity contribution in [1.82, 2.24) is 0 Å². The van der Waals surface area contributed by atoms with Crippen LogP contribution in [0.25, 0.3) is 0 Å². The maximum Gasteiger partial charge on any atom is 0.267 e. The van der Waals surface area contributed by atoms with Crippen LogP contribution in [-0.2, 0) is 0 Å². The van der Waals surface area contributed by atoms with Gasteiger partial charge in [0.15, 0.2) is 0 Å². The van der Waals surface area contributed by atoms with Gasteiger partial charge in [-0.1, -0.05) is 0 Å². The number of rotatable bonds is 1. The van der Waals surface area contributed by atoms with E-state index in [2.05, 4.69) is 0 Å². The second-order valence-electron chi connectivity index (χ2n) is 2.30. The van der Waals surface area contributed by atoms with E-state index in [4.69, 9.17) is 11.5 Å². The van der Waals surface area contributed by atoms with Crippen molar-refractivity contribution in [2.75, 3.05) is 11.5 Å². The molecule has 0 aromatic heterocycles. The monoisotopic (exact) mass is 284 g/mol. The number of nitrogens with two attached hydrogens (primary N) is 2. The van der Waals surface area contributed by atoms with Crippen LogP contribution in [0, 0.1) is 3.57 Å². The maximum absolute atomic E-state index is 12.3. The Balaban J connectivity index is 3.28. The van der Waals surface area contributed by atoms with E-state index >= 15 is 0 Å². The molecule has 1 aromatic carbocycles. The molecule has 0 atom stereocenters. The summed E-state index contributed by atoms with van der Waals surface area (Å²) >= 11 is 1.97. The molecular weight excluding hydrogens is 277 g/mol. The third kappa shape index (κ3) is 1.77. The number of benzene rings is 1. The summed E-state index contributed by atoms with van der Waals surface area (Å²) < 4.78 is 25.3. The fourth-order valence-electron chi connectivity index (χ4n) is 0.913. The van der Waals surface area contributed by atoms with Crippen molar-refractivity contribution in [3.05, 3.63) is 21.3 Å². The molecule has 0 unspecified atom stereocenters. The molecule has 0 amide bonds. The zero-order valence-electron chi connectivity index (χ0n) is 6.02. The second kappa shape index (κ2) is 3.42. The highest BCUT2D eigenvalue weighted by Crippen LogP contribution is 2.31. The molecule has 5 heteroatoms. The minimum atomic E-state index is -2.61. The van der Waals surface area contributed by atoms with E-state index in [0.29, 0.717) is 0 Å². The van der Waals surface area contributed by atoms with Crippen LogP contribution >= 0.6 is 22.6 Å². The van der Waals surface area contributed by atoms with Crippen LogP contribution in [-0.4, -0.2) is 0 Å². The molecule has 0 heterocycles. The first-order valence-electron chi connectivity index (χ1n) is 3.15. The predicted octanol–water partition coefficient (Wildman–Crippen LogP) is 2.39. The van der Waals surface area contributed by atoms with Crippen LogP contribution in [0.5, 0.6) is 0 Å². The van der Waals surface area contributed by atoms with Crippen LogP contribution in [0.2, 0.25) is 0 Å². The number of hydrogen-bond donors (Lipinski definition) is 2. The van der Waals surface area contributed by atoms with Gasteiger partial charge in [0.1, 0.15) is 0 Å². The number of alkyl halides is 2. The first kappa shape index (κ1) is 9.50. The molecule has 0 saturated carbocycles. The van der Waals surface area contributed by atoms with E-state index < -0.39 is 6.43 Å². The van der Waals surface area contributed by atoms with Gasteiger partial charge in [-0.15, -0.1) is 0 Å². The molecule has 2 nitrogen and oxygen atoms in total. The molecular formula is C7H7F2IN2. The number of nitrogen functional groups attached to an aromatic ring is 2. The zero-order chi connectivity index (χ0) is 9.30. The smallest absolute Gasteiger partial charge is 0.267 e. The van der Waals surface area contributed by atoms with Gasteiger partial charge in [0.25, 0.3) is 6.43 Å². The van der Waals surface area contributed by atoms with Crippen molar-refractivity contribution < 1.29 is 8.78 Å². The Hall–Kier alpha value is -0.590. The Bertz CT molecular complexity index is 278. The minimum absolute atomic E-state index is 0.0504. The Morgan fingerprint density at radius 2 is 1.58 bits per heavy atom. The highest BCUT2D eigenvalue weighted by Gasteiger charge is 2.15. The molecule has 0 bridgehead atoms. The third-order valence-corrected chi connectivity index (χ3v) is 2.05. The van der Waals surface area contributed by atoms with Crippen molar-refractivity contribution in [2.45, 2.75) is 6.43 Å². The normalized spacial score (nSPS) is 10.7. The van der Waals surface area contributed by atoms with Gasteiger partial charge >= 0.3 is 0 Å². The lowest BCUT2D eigenvalue weighted by Crippen LogP contribution is -2.01. The maximum atomic E-state index is 12.3. The van der Waals surface area contributed by atoms with Gasteiger partial charge in [-0.2, -0.15) is 0 Å². The minimum Gasteiger partial charge on any atom is -0.398 e. The average molecular weight is 284 g/mol. The van der Waals surface area contributed by atoms with Crippen LogP contribution < -0.4 is 11.5 Å². The van der Waals surface area contributed by atoms with Crippen molar-refractivity contribution in [2.24, 2.45) is 0 Å². The first-order chi connectivity index (χ1) is 5.52. The van der Waals surface area contributed by atoms with Gasteiger partial charge in [0.05, 0.1) is 5.56 Å². The fraction of sp³-hybridized carbons (Fsp3) is 0.143. The molecule has 0 radical (unpaired) electrons. The van der Waals surface area contributed by atoms with Crippen LogP contribution in [0.1, 0.15) is 12.0 Å². The van der Waals surface area contributed by atoms with E-state index in [9.17, 15) is 8.78 Å². The summed E-state index contributed by atoms with van der Waals surface area (Å²) in [7, 11) is 0. The van der Waals surface area contributed by atoms with Gasteiger partial charge in [-0.05, 0) is 34.7 Å². The highest BCUT2D eigenvalue weighted by molar-refractivity contribution is 14.1. The molecule has 0 aliphatic carbocycles. The van der Waals surface area contributed by atoms with Crippen LogP contribution in [0.4, 0.5) is 20.2 Å². The molecule has 12 heavy (non-hydrogen) atoms. The van der Waals surface area contributed by atoms with Crippen molar-refractivity contribution >= 4 is 34.0 Å². The summed E-state index contributed by atoms with van der Waals surface area (Å²) in [5, 5.41) is 0. The summed E-state index contributed by atoms with van der Waals surface area (Å²) in [5.41, 5.74) is 10.5. The molecule has 0 fully saturated rings. The second-order valence-corrected chi connectivity index (χ2v) is 3.54. The topological polar surface area (TPSA) is 52.0 Å². The molecule has 4 N–H and O–H groups in total. The molecule has 1 aromatic rings. The quantitative estimate of drug-likeness (QED) is 0.614. The first-order valence-corrected chi connectivity index (χ1v) is 4.22. The van der Waals surface area contributed by atoms with Crippen molar-refractivity contribution in [3.8, 4) is 0 Å². The average Bonchev–Trinajstić information content (AvgIpc) is 1.82. The Morgan fingerprint density at radius 1 is 1.17 bits per heavy atom. The van der Waals surface area contributed by atoms with Crippen molar-refractivity contribution in [3.63, 3.8) is 0 Å². The highest BCUT2D eigenvalue weighted by atomic mass is 127. The molecule has 0 saturated heterocycles. The van der Waals surface area contributed by atoms with E-state index in [1.165, 1.54) is 12.1 Å². The lowest BCUT2D eigenvalue weighted by Gasteiger charge is -2.08. The standard InChI is InChI=1S/C7H7F2IN2/c8-7(9)6-4(11)1-3(10)2-5(6)12/h1-2,7H,11-12H2. The Morgan fingerprint density at radius 3 is 1.92 bits per heavy atom. The van der Waals surface area contributed by atoms with E-state index in [1.54, 1.807) is 0 Å². The molecule has 0 spiro atoms. The summed E-state index contributed by atoms with van der Waals surface area (Å²) in [4.78, 5) is 0.